The third-order valence-corrected chi connectivity index (χ3v) is 4.49. The SMILES string of the molecule is CC(Cn1ccnc1NC1CCCCC1)c1ccccc1. The second kappa shape index (κ2) is 6.79. The second-order valence-corrected chi connectivity index (χ2v) is 6.19. The maximum Gasteiger partial charge on any atom is 0.203 e. The van der Waals surface area contributed by atoms with Crippen LogP contribution in [0.15, 0.2) is 42.7 Å². The van der Waals surface area contributed by atoms with Crippen LogP contribution in [0.1, 0.15) is 50.5 Å². The predicted molar refractivity (Wildman–Crippen MR) is 87.6 cm³/mol. The zero-order valence-corrected chi connectivity index (χ0v) is 12.8. The molecule has 0 aliphatic heterocycles. The highest BCUT2D eigenvalue weighted by atomic mass is 15.2. The normalized spacial score (nSPS) is 17.6. The van der Waals surface area contributed by atoms with Crippen LogP contribution in [0, 0.1) is 0 Å². The number of hydrogen-bond acceptors (Lipinski definition) is 2. The Morgan fingerprint density at radius 2 is 1.95 bits per heavy atom. The Bertz CT molecular complexity index is 541. The summed E-state index contributed by atoms with van der Waals surface area (Å²) in [4.78, 5) is 4.51. The summed E-state index contributed by atoms with van der Waals surface area (Å²) >= 11 is 0. The monoisotopic (exact) mass is 283 g/mol. The Balaban J connectivity index is 1.64. The van der Waals surface area contributed by atoms with Crippen LogP contribution in [0.3, 0.4) is 0 Å². The van der Waals surface area contributed by atoms with Crippen molar-refractivity contribution >= 4 is 5.95 Å². The predicted octanol–water partition coefficient (Wildman–Crippen LogP) is 4.43. The number of hydrogen-bond donors (Lipinski definition) is 1. The molecule has 1 unspecified atom stereocenters. The lowest BCUT2D eigenvalue weighted by Gasteiger charge is -2.24. The molecule has 0 spiro atoms. The molecule has 1 N–H and O–H groups in total. The molecule has 2 aromatic rings. The van der Waals surface area contributed by atoms with Gasteiger partial charge in [-0.1, -0.05) is 56.5 Å². The molecule has 21 heavy (non-hydrogen) atoms. The van der Waals surface area contributed by atoms with E-state index in [9.17, 15) is 0 Å². The highest BCUT2D eigenvalue weighted by Gasteiger charge is 2.16. The van der Waals surface area contributed by atoms with E-state index in [1.54, 1.807) is 0 Å². The molecule has 0 radical (unpaired) electrons. The van der Waals surface area contributed by atoms with Crippen LogP contribution >= 0.6 is 0 Å². The Kier molecular flexibility index (Phi) is 4.59. The largest absolute Gasteiger partial charge is 0.353 e. The van der Waals surface area contributed by atoms with Gasteiger partial charge in [-0.3, -0.25) is 0 Å². The molecule has 1 aliphatic carbocycles. The number of rotatable bonds is 5. The second-order valence-electron chi connectivity index (χ2n) is 6.19. The van der Waals surface area contributed by atoms with E-state index < -0.39 is 0 Å². The van der Waals surface area contributed by atoms with Gasteiger partial charge >= 0.3 is 0 Å². The first-order valence-electron chi connectivity index (χ1n) is 8.15. The summed E-state index contributed by atoms with van der Waals surface area (Å²) in [6.45, 7) is 3.25. The summed E-state index contributed by atoms with van der Waals surface area (Å²) in [6.07, 6.45) is 10.6. The van der Waals surface area contributed by atoms with Crippen LogP contribution in [-0.2, 0) is 6.54 Å². The summed E-state index contributed by atoms with van der Waals surface area (Å²) in [5.41, 5.74) is 1.38. The molecule has 1 aromatic carbocycles. The summed E-state index contributed by atoms with van der Waals surface area (Å²) in [5.74, 6) is 1.52. The zero-order valence-electron chi connectivity index (χ0n) is 12.8. The summed E-state index contributed by atoms with van der Waals surface area (Å²) < 4.78 is 2.26. The van der Waals surface area contributed by atoms with Crippen LogP contribution in [0.4, 0.5) is 5.95 Å². The Labute approximate surface area is 127 Å². The van der Waals surface area contributed by atoms with Gasteiger partial charge in [0.25, 0.3) is 0 Å². The lowest BCUT2D eigenvalue weighted by molar-refractivity contribution is 0.458. The van der Waals surface area contributed by atoms with Crippen LogP contribution in [-0.4, -0.2) is 15.6 Å². The quantitative estimate of drug-likeness (QED) is 0.879. The summed E-state index contributed by atoms with van der Waals surface area (Å²) in [5, 5.41) is 3.64. The fourth-order valence-electron chi connectivity index (χ4n) is 3.21. The molecule has 1 atom stereocenters. The fourth-order valence-corrected chi connectivity index (χ4v) is 3.21. The Morgan fingerprint density at radius 1 is 1.19 bits per heavy atom. The minimum absolute atomic E-state index is 0.493. The molecule has 3 nitrogen and oxygen atoms in total. The van der Waals surface area contributed by atoms with E-state index in [1.165, 1.54) is 37.7 Å². The van der Waals surface area contributed by atoms with Gasteiger partial charge in [-0.25, -0.2) is 4.98 Å². The van der Waals surface area contributed by atoms with Crippen LogP contribution in [0.25, 0.3) is 0 Å². The van der Waals surface area contributed by atoms with Gasteiger partial charge in [0.1, 0.15) is 0 Å². The zero-order chi connectivity index (χ0) is 14.5. The first-order valence-corrected chi connectivity index (χ1v) is 8.15. The summed E-state index contributed by atoms with van der Waals surface area (Å²) in [7, 11) is 0. The maximum atomic E-state index is 4.51. The summed E-state index contributed by atoms with van der Waals surface area (Å²) in [6, 6.07) is 11.3. The first-order chi connectivity index (χ1) is 10.3. The number of nitrogens with zero attached hydrogens (tertiary/aromatic N) is 2. The highest BCUT2D eigenvalue weighted by Crippen LogP contribution is 2.23. The maximum absolute atomic E-state index is 4.51. The molecule has 1 aromatic heterocycles. The van der Waals surface area contributed by atoms with E-state index in [-0.39, 0.29) is 0 Å². The van der Waals surface area contributed by atoms with Crippen molar-refractivity contribution < 1.29 is 0 Å². The smallest absolute Gasteiger partial charge is 0.203 e. The van der Waals surface area contributed by atoms with Crippen molar-refractivity contribution in [1.82, 2.24) is 9.55 Å². The van der Waals surface area contributed by atoms with Gasteiger partial charge < -0.3 is 9.88 Å². The van der Waals surface area contributed by atoms with Gasteiger partial charge in [0, 0.05) is 25.0 Å². The average Bonchev–Trinajstić information content (AvgIpc) is 2.96. The van der Waals surface area contributed by atoms with Gasteiger partial charge in [0.05, 0.1) is 0 Å². The molecule has 1 heterocycles. The first kappa shape index (κ1) is 14.2. The molecule has 1 saturated carbocycles. The van der Waals surface area contributed by atoms with E-state index in [1.807, 2.05) is 6.20 Å². The standard InChI is InChI=1S/C18H25N3/c1-15(16-8-4-2-5-9-16)14-21-13-12-19-18(21)20-17-10-6-3-7-11-17/h2,4-5,8-9,12-13,15,17H,3,6-7,10-11,14H2,1H3,(H,19,20). The molecular weight excluding hydrogens is 258 g/mol. The lowest BCUT2D eigenvalue weighted by atomic mass is 9.96. The molecule has 1 fully saturated rings. The van der Waals surface area contributed by atoms with E-state index in [2.05, 4.69) is 58.3 Å². The number of benzene rings is 1. The van der Waals surface area contributed by atoms with E-state index in [4.69, 9.17) is 0 Å². The number of nitrogens with one attached hydrogen (secondary N) is 1. The third-order valence-electron chi connectivity index (χ3n) is 4.49. The fraction of sp³-hybridized carbons (Fsp3) is 0.500. The van der Waals surface area contributed by atoms with Gasteiger partial charge in [-0.05, 0) is 24.3 Å². The van der Waals surface area contributed by atoms with Crippen molar-refractivity contribution in [2.75, 3.05) is 5.32 Å². The highest BCUT2D eigenvalue weighted by molar-refractivity contribution is 5.28. The van der Waals surface area contributed by atoms with Crippen molar-refractivity contribution in [2.45, 2.75) is 57.5 Å². The van der Waals surface area contributed by atoms with Gasteiger partial charge in [-0.15, -0.1) is 0 Å². The van der Waals surface area contributed by atoms with E-state index in [0.29, 0.717) is 12.0 Å². The topological polar surface area (TPSA) is 29.9 Å². The van der Waals surface area contributed by atoms with Crippen LogP contribution in [0.2, 0.25) is 0 Å². The van der Waals surface area contributed by atoms with E-state index in [0.717, 1.165) is 12.5 Å². The van der Waals surface area contributed by atoms with Gasteiger partial charge in [0.2, 0.25) is 5.95 Å². The third kappa shape index (κ3) is 3.66. The molecule has 0 bridgehead atoms. The molecule has 112 valence electrons. The van der Waals surface area contributed by atoms with Crippen molar-refractivity contribution in [3.05, 3.63) is 48.3 Å². The molecule has 0 saturated heterocycles. The van der Waals surface area contributed by atoms with Crippen molar-refractivity contribution in [3.8, 4) is 0 Å². The average molecular weight is 283 g/mol. The molecule has 3 rings (SSSR count). The van der Waals surface area contributed by atoms with Crippen LogP contribution in [0.5, 0.6) is 0 Å². The minimum Gasteiger partial charge on any atom is -0.353 e. The van der Waals surface area contributed by atoms with Crippen molar-refractivity contribution in [3.63, 3.8) is 0 Å². The lowest BCUT2D eigenvalue weighted by Crippen LogP contribution is -2.24. The van der Waals surface area contributed by atoms with Crippen molar-refractivity contribution in [2.24, 2.45) is 0 Å². The van der Waals surface area contributed by atoms with Crippen LogP contribution < -0.4 is 5.32 Å². The molecule has 0 amide bonds. The number of anilines is 1. The number of aromatic nitrogens is 2. The molecule has 3 heteroatoms. The van der Waals surface area contributed by atoms with E-state index >= 15 is 0 Å². The molecular formula is C18H25N3. The number of imidazole rings is 1. The van der Waals surface area contributed by atoms with Gasteiger partial charge in [0.15, 0.2) is 0 Å². The Morgan fingerprint density at radius 3 is 2.71 bits per heavy atom. The van der Waals surface area contributed by atoms with Gasteiger partial charge in [-0.2, -0.15) is 0 Å². The minimum atomic E-state index is 0.493. The van der Waals surface area contributed by atoms with Crippen molar-refractivity contribution in [1.29, 1.82) is 0 Å². The molecule has 1 aliphatic rings. The Hall–Kier alpha value is -1.77.